The first-order valence-electron chi connectivity index (χ1n) is 10.1. The van der Waals surface area contributed by atoms with Gasteiger partial charge in [0.2, 0.25) is 0 Å². The summed E-state index contributed by atoms with van der Waals surface area (Å²) in [7, 11) is -7.84. The van der Waals surface area contributed by atoms with Crippen molar-refractivity contribution >= 4 is 20.2 Å². The lowest BCUT2D eigenvalue weighted by Crippen LogP contribution is -2.21. The zero-order valence-corrected chi connectivity index (χ0v) is 19.3. The monoisotopic (exact) mass is 454 g/mol. The van der Waals surface area contributed by atoms with Crippen LogP contribution in [0.15, 0.2) is 58.3 Å². The third kappa shape index (κ3) is 7.50. The molecular weight excluding hydrogens is 424 g/mol. The van der Waals surface area contributed by atoms with Crippen LogP contribution in [0.4, 0.5) is 0 Å². The molecule has 0 heterocycles. The van der Waals surface area contributed by atoms with E-state index in [-0.39, 0.29) is 28.9 Å². The van der Waals surface area contributed by atoms with Crippen LogP contribution in [0.1, 0.15) is 43.7 Å². The van der Waals surface area contributed by atoms with Crippen LogP contribution in [0.3, 0.4) is 0 Å². The fourth-order valence-corrected chi connectivity index (χ4v) is 4.77. The molecule has 0 aliphatic carbocycles. The molecule has 6 nitrogen and oxygen atoms in total. The predicted octanol–water partition coefficient (Wildman–Crippen LogP) is 4.61. The summed E-state index contributed by atoms with van der Waals surface area (Å²) in [5.74, 6) is -0.364. The van der Waals surface area contributed by atoms with Gasteiger partial charge in [-0.05, 0) is 44.5 Å². The molecule has 0 radical (unpaired) electrons. The first-order valence-corrected chi connectivity index (χ1v) is 12.9. The van der Waals surface area contributed by atoms with E-state index in [1.54, 1.807) is 24.3 Å². The third-order valence-electron chi connectivity index (χ3n) is 4.75. The topological polar surface area (TPSA) is 86.7 Å². The van der Waals surface area contributed by atoms with E-state index in [2.05, 4.69) is 6.92 Å². The minimum atomic E-state index is -3.92. The zero-order valence-electron chi connectivity index (χ0n) is 17.7. The van der Waals surface area contributed by atoms with Crippen molar-refractivity contribution in [1.29, 1.82) is 0 Å². The summed E-state index contributed by atoms with van der Waals surface area (Å²) in [5, 5.41) is 0. The van der Waals surface area contributed by atoms with Crippen molar-refractivity contribution in [1.82, 2.24) is 0 Å². The molecule has 2 aromatic carbocycles. The minimum absolute atomic E-state index is 0.0774. The van der Waals surface area contributed by atoms with Gasteiger partial charge in [0.15, 0.2) is 0 Å². The van der Waals surface area contributed by atoms with Gasteiger partial charge in [-0.2, -0.15) is 16.8 Å². The normalized spacial score (nSPS) is 12.4. The number of hydrogen-bond acceptors (Lipinski definition) is 6. The van der Waals surface area contributed by atoms with Crippen LogP contribution in [0, 0.1) is 19.8 Å². The molecule has 0 amide bonds. The molecule has 0 atom stereocenters. The van der Waals surface area contributed by atoms with Crippen LogP contribution in [-0.2, 0) is 28.6 Å². The van der Waals surface area contributed by atoms with Crippen LogP contribution in [0.5, 0.6) is 0 Å². The van der Waals surface area contributed by atoms with E-state index in [1.165, 1.54) is 24.3 Å². The Morgan fingerprint density at radius 3 is 1.47 bits per heavy atom. The molecule has 166 valence electrons. The van der Waals surface area contributed by atoms with Gasteiger partial charge in [0, 0.05) is 5.92 Å². The SMILES string of the molecule is CCCCCC(COS(=O)(=O)c1ccc(C)cc1)COS(=O)(=O)c1ccc(C)cc1. The molecular formula is C22H30O6S2. The minimum Gasteiger partial charge on any atom is -0.266 e. The number of benzene rings is 2. The predicted molar refractivity (Wildman–Crippen MR) is 116 cm³/mol. The summed E-state index contributed by atoms with van der Waals surface area (Å²) in [6.07, 6.45) is 3.41. The van der Waals surface area contributed by atoms with E-state index < -0.39 is 20.2 Å². The maximum Gasteiger partial charge on any atom is 0.296 e. The highest BCUT2D eigenvalue weighted by Crippen LogP contribution is 2.20. The van der Waals surface area contributed by atoms with Gasteiger partial charge in [-0.1, -0.05) is 61.6 Å². The highest BCUT2D eigenvalue weighted by Gasteiger charge is 2.22. The van der Waals surface area contributed by atoms with E-state index in [4.69, 9.17) is 8.37 Å². The lowest BCUT2D eigenvalue weighted by atomic mass is 10.0. The molecule has 2 aromatic rings. The quantitative estimate of drug-likeness (QED) is 0.344. The Kier molecular flexibility index (Phi) is 9.03. The fraction of sp³-hybridized carbons (Fsp3) is 0.455. The smallest absolute Gasteiger partial charge is 0.266 e. The van der Waals surface area contributed by atoms with Gasteiger partial charge >= 0.3 is 0 Å². The van der Waals surface area contributed by atoms with Crippen LogP contribution in [0.25, 0.3) is 0 Å². The van der Waals surface area contributed by atoms with E-state index in [9.17, 15) is 16.8 Å². The second-order valence-corrected chi connectivity index (χ2v) is 10.7. The van der Waals surface area contributed by atoms with Gasteiger partial charge in [0.25, 0.3) is 20.2 Å². The highest BCUT2D eigenvalue weighted by atomic mass is 32.2. The molecule has 0 aliphatic heterocycles. The fourth-order valence-electron chi connectivity index (χ4n) is 2.82. The van der Waals surface area contributed by atoms with Crippen LogP contribution in [-0.4, -0.2) is 30.0 Å². The number of aryl methyl sites for hydroxylation is 2. The first-order chi connectivity index (χ1) is 14.1. The average molecular weight is 455 g/mol. The van der Waals surface area contributed by atoms with Crippen molar-refractivity contribution in [3.8, 4) is 0 Å². The largest absolute Gasteiger partial charge is 0.296 e. The zero-order chi connectivity index (χ0) is 22.2. The summed E-state index contributed by atoms with van der Waals surface area (Å²) in [4.78, 5) is 0.155. The second-order valence-electron chi connectivity index (χ2n) is 7.47. The Morgan fingerprint density at radius 1 is 0.700 bits per heavy atom. The van der Waals surface area contributed by atoms with Crippen molar-refractivity contribution in [3.05, 3.63) is 59.7 Å². The standard InChI is InChI=1S/C22H30O6S2/c1-4-5-6-7-20(16-27-29(23,24)21-12-8-18(2)9-13-21)17-28-30(25,26)22-14-10-19(3)11-15-22/h8-15,20H,4-7,16-17H2,1-3H3. The Hall–Kier alpha value is -1.74. The molecule has 0 aliphatic rings. The molecule has 30 heavy (non-hydrogen) atoms. The van der Waals surface area contributed by atoms with Crippen molar-refractivity contribution < 1.29 is 25.2 Å². The number of hydrogen-bond donors (Lipinski definition) is 0. The molecule has 0 N–H and O–H groups in total. The van der Waals surface area contributed by atoms with Gasteiger partial charge in [0.1, 0.15) is 0 Å². The van der Waals surface area contributed by atoms with Gasteiger partial charge in [-0.25, -0.2) is 0 Å². The summed E-state index contributed by atoms with van der Waals surface area (Å²) in [5.41, 5.74) is 1.89. The number of rotatable bonds is 12. The molecule has 0 unspecified atom stereocenters. The summed E-state index contributed by atoms with van der Waals surface area (Å²) in [6.45, 7) is 5.53. The maximum absolute atomic E-state index is 12.5. The Morgan fingerprint density at radius 2 is 1.10 bits per heavy atom. The molecule has 0 bridgehead atoms. The van der Waals surface area contributed by atoms with E-state index in [1.807, 2.05) is 13.8 Å². The van der Waals surface area contributed by atoms with Gasteiger partial charge < -0.3 is 0 Å². The van der Waals surface area contributed by atoms with Crippen molar-refractivity contribution in [2.24, 2.45) is 5.92 Å². The van der Waals surface area contributed by atoms with E-state index >= 15 is 0 Å². The third-order valence-corrected chi connectivity index (χ3v) is 7.34. The lowest BCUT2D eigenvalue weighted by molar-refractivity contribution is 0.174. The van der Waals surface area contributed by atoms with Crippen LogP contribution in [0.2, 0.25) is 0 Å². The molecule has 8 heteroatoms. The maximum atomic E-state index is 12.5. The van der Waals surface area contributed by atoms with Gasteiger partial charge in [0.05, 0.1) is 23.0 Å². The Balaban J connectivity index is 2.04. The molecule has 0 spiro atoms. The van der Waals surface area contributed by atoms with Crippen molar-refractivity contribution in [2.45, 2.75) is 56.2 Å². The molecule has 0 aromatic heterocycles. The molecule has 0 saturated heterocycles. The van der Waals surface area contributed by atoms with Crippen LogP contribution < -0.4 is 0 Å². The second kappa shape index (κ2) is 11.0. The Labute approximate surface area is 180 Å². The average Bonchev–Trinajstić information content (AvgIpc) is 2.70. The van der Waals surface area contributed by atoms with Gasteiger partial charge in [-0.15, -0.1) is 0 Å². The Bertz CT molecular complexity index is 915. The van der Waals surface area contributed by atoms with Crippen molar-refractivity contribution in [3.63, 3.8) is 0 Å². The molecule has 2 rings (SSSR count). The molecule has 0 saturated carbocycles. The summed E-state index contributed by atoms with van der Waals surface area (Å²) >= 11 is 0. The lowest BCUT2D eigenvalue weighted by Gasteiger charge is -2.17. The molecule has 0 fully saturated rings. The van der Waals surface area contributed by atoms with E-state index in [0.717, 1.165) is 30.4 Å². The highest BCUT2D eigenvalue weighted by molar-refractivity contribution is 7.87. The summed E-state index contributed by atoms with van der Waals surface area (Å²) < 4.78 is 60.3. The number of unbranched alkanes of at least 4 members (excludes halogenated alkanes) is 2. The first kappa shape index (κ1) is 24.5. The van der Waals surface area contributed by atoms with Gasteiger partial charge in [-0.3, -0.25) is 8.37 Å². The summed E-state index contributed by atoms with van der Waals surface area (Å²) in [6, 6.07) is 12.8. The van der Waals surface area contributed by atoms with E-state index in [0.29, 0.717) is 6.42 Å². The van der Waals surface area contributed by atoms with Crippen molar-refractivity contribution in [2.75, 3.05) is 13.2 Å². The van der Waals surface area contributed by atoms with Crippen LogP contribution >= 0.6 is 0 Å².